The summed E-state index contributed by atoms with van der Waals surface area (Å²) in [5, 5.41) is 6.20. The molecule has 0 aliphatic carbocycles. The van der Waals surface area contributed by atoms with Gasteiger partial charge in [0.1, 0.15) is 5.76 Å². The molecule has 1 heterocycles. The largest absolute Gasteiger partial charge is 0.467 e. The third kappa shape index (κ3) is 7.91. The number of rotatable bonds is 6. The average molecular weight is 521 g/mol. The lowest BCUT2D eigenvalue weighted by Crippen LogP contribution is -2.42. The molecule has 0 bridgehead atoms. The maximum absolute atomic E-state index is 11.7. The second kappa shape index (κ2) is 11.1. The quantitative estimate of drug-likeness (QED) is 0.349. The number of amides is 1. The molecule has 0 unspecified atom stereocenters. The van der Waals surface area contributed by atoms with Gasteiger partial charge in [-0.05, 0) is 29.8 Å². The fourth-order valence-corrected chi connectivity index (χ4v) is 2.10. The van der Waals surface area contributed by atoms with Crippen molar-refractivity contribution >= 4 is 51.8 Å². The van der Waals surface area contributed by atoms with Gasteiger partial charge in [0.25, 0.3) is 0 Å². The third-order valence-electron chi connectivity index (χ3n) is 3.25. The Balaban J connectivity index is 0.00000312. The van der Waals surface area contributed by atoms with Gasteiger partial charge < -0.3 is 20.0 Å². The summed E-state index contributed by atoms with van der Waals surface area (Å²) in [5.41, 5.74) is 1.08. The second-order valence-corrected chi connectivity index (χ2v) is 6.28. The third-order valence-corrected chi connectivity index (χ3v) is 3.78. The van der Waals surface area contributed by atoms with Crippen molar-refractivity contribution in [2.75, 3.05) is 20.6 Å². The number of hydrogen-bond acceptors (Lipinski definition) is 3. The number of benzene rings is 1. The monoisotopic (exact) mass is 520 g/mol. The van der Waals surface area contributed by atoms with Crippen LogP contribution < -0.4 is 10.6 Å². The number of guanidine groups is 1. The van der Waals surface area contributed by atoms with E-state index >= 15 is 0 Å². The first-order valence-electron chi connectivity index (χ1n) is 7.54. The van der Waals surface area contributed by atoms with Crippen molar-refractivity contribution in [2.24, 2.45) is 4.99 Å². The van der Waals surface area contributed by atoms with E-state index in [4.69, 9.17) is 4.42 Å². The van der Waals surface area contributed by atoms with Crippen LogP contribution in [0.3, 0.4) is 0 Å². The normalized spacial score (nSPS) is 10.8. The van der Waals surface area contributed by atoms with E-state index in [2.05, 4.69) is 31.6 Å². The summed E-state index contributed by atoms with van der Waals surface area (Å²) in [6, 6.07) is 11.7. The topological polar surface area (TPSA) is 69.9 Å². The Kier molecular flexibility index (Phi) is 9.58. The van der Waals surface area contributed by atoms with Crippen molar-refractivity contribution in [3.8, 4) is 0 Å². The molecule has 0 atom stereocenters. The van der Waals surface area contributed by atoms with Crippen molar-refractivity contribution < 1.29 is 9.21 Å². The van der Waals surface area contributed by atoms with Crippen molar-refractivity contribution in [1.82, 2.24) is 15.5 Å². The van der Waals surface area contributed by atoms with Crippen LogP contribution in [-0.2, 0) is 17.9 Å². The molecule has 0 aliphatic rings. The molecule has 6 nitrogen and oxygen atoms in total. The van der Waals surface area contributed by atoms with Gasteiger partial charge in [-0.1, -0.05) is 28.1 Å². The maximum Gasteiger partial charge on any atom is 0.241 e. The Morgan fingerprint density at radius 2 is 1.92 bits per heavy atom. The first-order valence-corrected chi connectivity index (χ1v) is 8.33. The van der Waals surface area contributed by atoms with E-state index in [9.17, 15) is 4.79 Å². The Morgan fingerprint density at radius 3 is 2.52 bits per heavy atom. The first-order chi connectivity index (χ1) is 11.5. The van der Waals surface area contributed by atoms with E-state index in [-0.39, 0.29) is 36.4 Å². The minimum atomic E-state index is -0.0221. The van der Waals surface area contributed by atoms with Crippen LogP contribution >= 0.6 is 39.9 Å². The van der Waals surface area contributed by atoms with E-state index in [0.29, 0.717) is 19.0 Å². The van der Waals surface area contributed by atoms with Gasteiger partial charge in [-0.3, -0.25) is 4.79 Å². The van der Waals surface area contributed by atoms with Gasteiger partial charge in [-0.15, -0.1) is 24.0 Å². The zero-order valence-electron chi connectivity index (χ0n) is 14.2. The number of nitrogens with zero attached hydrogens (tertiary/aromatic N) is 2. The molecule has 1 aromatic carbocycles. The highest BCUT2D eigenvalue weighted by Crippen LogP contribution is 2.11. The number of aliphatic imine (C=N–C) groups is 1. The van der Waals surface area contributed by atoms with Gasteiger partial charge in [-0.2, -0.15) is 0 Å². The van der Waals surface area contributed by atoms with E-state index in [1.165, 1.54) is 4.90 Å². The molecule has 0 saturated heterocycles. The molecular formula is C17H22BrIN4O2. The Labute approximate surface area is 173 Å². The molecule has 1 aromatic heterocycles. The molecular weight excluding hydrogens is 499 g/mol. The van der Waals surface area contributed by atoms with Gasteiger partial charge in [0.2, 0.25) is 5.91 Å². The summed E-state index contributed by atoms with van der Waals surface area (Å²) in [6.45, 7) is 1.18. The Hall–Kier alpha value is -1.55. The minimum absolute atomic E-state index is 0. The summed E-state index contributed by atoms with van der Waals surface area (Å²) >= 11 is 3.41. The Bertz CT molecular complexity index is 672. The number of likely N-dealkylation sites (N-methyl/N-ethyl adjacent to an activating group) is 1. The number of carbonyl (C=O) groups excluding carboxylic acids is 1. The Morgan fingerprint density at radius 1 is 1.20 bits per heavy atom. The molecule has 2 aromatic rings. The zero-order valence-corrected chi connectivity index (χ0v) is 18.1. The van der Waals surface area contributed by atoms with Gasteiger partial charge in [0.05, 0.1) is 25.9 Å². The highest BCUT2D eigenvalue weighted by Gasteiger charge is 2.06. The predicted octanol–water partition coefficient (Wildman–Crippen LogP) is 2.98. The summed E-state index contributed by atoms with van der Waals surface area (Å²) in [6.07, 6.45) is 1.62. The van der Waals surface area contributed by atoms with E-state index in [1.807, 2.05) is 36.4 Å². The first kappa shape index (κ1) is 21.5. The van der Waals surface area contributed by atoms with Crippen LogP contribution in [0.5, 0.6) is 0 Å². The number of carbonyl (C=O) groups is 1. The van der Waals surface area contributed by atoms with Crippen LogP contribution in [0.1, 0.15) is 11.3 Å². The van der Waals surface area contributed by atoms with E-state index in [0.717, 1.165) is 15.8 Å². The van der Waals surface area contributed by atoms with Crippen molar-refractivity contribution in [1.29, 1.82) is 0 Å². The summed E-state index contributed by atoms with van der Waals surface area (Å²) < 4.78 is 6.33. The maximum atomic E-state index is 11.7. The van der Waals surface area contributed by atoms with Crippen LogP contribution in [0.2, 0.25) is 0 Å². The van der Waals surface area contributed by atoms with Crippen LogP contribution in [0, 0.1) is 0 Å². The molecule has 8 heteroatoms. The molecule has 1 amide bonds. The molecule has 0 saturated carbocycles. The van der Waals surface area contributed by atoms with Crippen LogP contribution in [0.25, 0.3) is 0 Å². The molecule has 25 heavy (non-hydrogen) atoms. The number of furan rings is 1. The number of hydrogen-bond donors (Lipinski definition) is 2. The predicted molar refractivity (Wildman–Crippen MR) is 113 cm³/mol. The molecule has 2 rings (SSSR count). The van der Waals surface area contributed by atoms with Crippen molar-refractivity contribution in [2.45, 2.75) is 13.1 Å². The smallest absolute Gasteiger partial charge is 0.241 e. The van der Waals surface area contributed by atoms with Gasteiger partial charge in [-0.25, -0.2) is 4.99 Å². The summed E-state index contributed by atoms with van der Waals surface area (Å²) in [4.78, 5) is 17.8. The fraction of sp³-hybridized carbons (Fsp3) is 0.294. The van der Waals surface area contributed by atoms with Gasteiger partial charge in [0.15, 0.2) is 5.96 Å². The van der Waals surface area contributed by atoms with Gasteiger partial charge in [0, 0.05) is 18.6 Å². The van der Waals surface area contributed by atoms with Crippen LogP contribution in [-0.4, -0.2) is 37.4 Å². The van der Waals surface area contributed by atoms with Crippen LogP contribution in [0.4, 0.5) is 0 Å². The van der Waals surface area contributed by atoms with Gasteiger partial charge >= 0.3 is 0 Å². The van der Waals surface area contributed by atoms with E-state index in [1.54, 1.807) is 20.4 Å². The zero-order chi connectivity index (χ0) is 17.4. The molecule has 0 fully saturated rings. The lowest BCUT2D eigenvalue weighted by Gasteiger charge is -2.14. The van der Waals surface area contributed by atoms with Crippen molar-refractivity contribution in [3.05, 3.63) is 58.5 Å². The highest BCUT2D eigenvalue weighted by atomic mass is 127. The lowest BCUT2D eigenvalue weighted by molar-refractivity contribution is -0.127. The molecule has 136 valence electrons. The minimum Gasteiger partial charge on any atom is -0.467 e. The molecule has 0 radical (unpaired) electrons. The molecule has 0 spiro atoms. The summed E-state index contributed by atoms with van der Waals surface area (Å²) in [5.74, 6) is 1.34. The number of nitrogens with one attached hydrogen (secondary N) is 2. The fourth-order valence-electron chi connectivity index (χ4n) is 1.84. The second-order valence-electron chi connectivity index (χ2n) is 5.37. The molecule has 2 N–H and O–H groups in total. The molecule has 0 aliphatic heterocycles. The lowest BCUT2D eigenvalue weighted by atomic mass is 10.2. The highest BCUT2D eigenvalue weighted by molar-refractivity contribution is 14.0. The SMILES string of the molecule is CN(C)C(=O)CNC(=NCc1ccc(Br)cc1)NCc1ccco1.I. The number of halogens is 2. The summed E-state index contributed by atoms with van der Waals surface area (Å²) in [7, 11) is 3.44. The van der Waals surface area contributed by atoms with E-state index < -0.39 is 0 Å². The van der Waals surface area contributed by atoms with Crippen LogP contribution in [0.15, 0.2) is 56.5 Å². The standard InChI is InChI=1S/C17H21BrN4O2.HI/c1-22(2)16(23)12-21-17(20-11-15-4-3-9-24-15)19-10-13-5-7-14(18)8-6-13;/h3-9H,10-12H2,1-2H3,(H2,19,20,21);1H. The average Bonchev–Trinajstić information content (AvgIpc) is 3.08. The van der Waals surface area contributed by atoms with Crippen molar-refractivity contribution in [3.63, 3.8) is 0 Å².